The molecule has 2 aromatic carbocycles. The molecule has 4 N–H and O–H groups in total. The molecule has 0 spiro atoms. The largest absolute Gasteiger partial charge is 0.350 e. The lowest BCUT2D eigenvalue weighted by atomic mass is 9.83. The van der Waals surface area contributed by atoms with E-state index < -0.39 is 18.0 Å². The third-order valence-corrected chi connectivity index (χ3v) is 9.08. The Bertz CT molecular complexity index is 1090. The summed E-state index contributed by atoms with van der Waals surface area (Å²) >= 11 is 0. The number of carbonyl (C=O) groups is 3. The van der Waals surface area contributed by atoms with E-state index in [0.717, 1.165) is 56.1 Å². The van der Waals surface area contributed by atoms with E-state index in [1.54, 1.807) is 6.92 Å². The highest BCUT2D eigenvalue weighted by Crippen LogP contribution is 2.40. The molecule has 7 heteroatoms. The summed E-state index contributed by atoms with van der Waals surface area (Å²) < 4.78 is 0. The Morgan fingerprint density at radius 1 is 0.821 bits per heavy atom. The number of fused-ring (bicyclic) bond motifs is 1. The molecule has 39 heavy (non-hydrogen) atoms. The number of amides is 3. The van der Waals surface area contributed by atoms with E-state index in [1.807, 2.05) is 65.6 Å². The molecule has 3 amide bonds. The van der Waals surface area contributed by atoms with E-state index in [-0.39, 0.29) is 35.7 Å². The average Bonchev–Trinajstić information content (AvgIpc) is 3.56. The molecule has 0 aromatic heterocycles. The highest BCUT2D eigenvalue weighted by Gasteiger charge is 2.49. The third kappa shape index (κ3) is 6.03. The summed E-state index contributed by atoms with van der Waals surface area (Å²) in [4.78, 5) is 42.6. The summed E-state index contributed by atoms with van der Waals surface area (Å²) in [6.07, 6.45) is 7.97. The number of hydrogen-bond acceptors (Lipinski definition) is 4. The minimum absolute atomic E-state index is 0.00721. The molecule has 0 radical (unpaired) electrons. The second-order valence-corrected chi connectivity index (χ2v) is 11.7. The van der Waals surface area contributed by atoms with Crippen LogP contribution in [-0.4, -0.2) is 53.3 Å². The Balaban J connectivity index is 1.36. The van der Waals surface area contributed by atoms with Crippen LogP contribution in [0.3, 0.4) is 0 Å². The van der Waals surface area contributed by atoms with Gasteiger partial charge in [0.2, 0.25) is 17.7 Å². The monoisotopic (exact) mass is 530 g/mol. The second-order valence-electron chi connectivity index (χ2n) is 11.7. The average molecular weight is 531 g/mol. The van der Waals surface area contributed by atoms with Crippen molar-refractivity contribution < 1.29 is 14.4 Å². The van der Waals surface area contributed by atoms with Crippen molar-refractivity contribution in [3.63, 3.8) is 0 Å². The molecular weight excluding hydrogens is 488 g/mol. The summed E-state index contributed by atoms with van der Waals surface area (Å²) in [7, 11) is 0. The van der Waals surface area contributed by atoms with Crippen LogP contribution in [0.25, 0.3) is 0 Å². The van der Waals surface area contributed by atoms with Gasteiger partial charge in [0.25, 0.3) is 0 Å². The summed E-state index contributed by atoms with van der Waals surface area (Å²) in [5.74, 6) is -0.249. The quantitative estimate of drug-likeness (QED) is 0.484. The molecule has 4 unspecified atom stereocenters. The van der Waals surface area contributed by atoms with E-state index >= 15 is 0 Å². The van der Waals surface area contributed by atoms with Gasteiger partial charge in [-0.3, -0.25) is 14.4 Å². The van der Waals surface area contributed by atoms with Crippen molar-refractivity contribution in [3.8, 4) is 0 Å². The molecule has 1 heterocycles. The first kappa shape index (κ1) is 27.4. The van der Waals surface area contributed by atoms with Crippen LogP contribution in [0.4, 0.5) is 0 Å². The van der Waals surface area contributed by atoms with Crippen LogP contribution in [0, 0.1) is 11.8 Å². The van der Waals surface area contributed by atoms with E-state index in [1.165, 1.54) is 6.42 Å². The standard InChI is InChI=1S/C32H42N4O3/c1-21(33)30(37)35-28(24-15-9-4-10-16-24)32(39)36-20-19-25-17-18-26(29(25)36)34-31(38)27(22-11-5-2-6-12-22)23-13-7-3-8-14-23/h2-3,5-8,11-14,21,24-29H,4,9-10,15-20,33H2,1H3,(H,34,38)(H,35,37)/t21-,25?,26?,28?,29?/m0/s1. The normalized spacial score (nSPS) is 24.7. The smallest absolute Gasteiger partial charge is 0.245 e. The minimum atomic E-state index is -0.665. The van der Waals surface area contributed by atoms with Crippen LogP contribution in [0.2, 0.25) is 0 Å². The van der Waals surface area contributed by atoms with E-state index in [4.69, 9.17) is 5.73 Å². The zero-order valence-electron chi connectivity index (χ0n) is 22.9. The summed E-state index contributed by atoms with van der Waals surface area (Å²) in [6.45, 7) is 2.32. The van der Waals surface area contributed by atoms with Crippen LogP contribution >= 0.6 is 0 Å². The third-order valence-electron chi connectivity index (χ3n) is 9.08. The van der Waals surface area contributed by atoms with Gasteiger partial charge in [0.15, 0.2) is 0 Å². The van der Waals surface area contributed by atoms with Gasteiger partial charge in [-0.05, 0) is 62.0 Å². The summed E-state index contributed by atoms with van der Waals surface area (Å²) in [5, 5.41) is 6.39. The minimum Gasteiger partial charge on any atom is -0.350 e. The predicted molar refractivity (Wildman–Crippen MR) is 152 cm³/mol. The first-order chi connectivity index (χ1) is 18.9. The number of nitrogens with zero attached hydrogens (tertiary/aromatic N) is 1. The number of likely N-dealkylation sites (tertiary alicyclic amines) is 1. The number of benzene rings is 2. The zero-order chi connectivity index (χ0) is 27.4. The molecule has 2 aliphatic carbocycles. The Kier molecular flexibility index (Phi) is 8.66. The topological polar surface area (TPSA) is 105 Å². The van der Waals surface area contributed by atoms with Crippen molar-refractivity contribution in [1.82, 2.24) is 15.5 Å². The van der Waals surface area contributed by atoms with Gasteiger partial charge in [0, 0.05) is 12.6 Å². The molecule has 1 saturated heterocycles. The Morgan fingerprint density at radius 2 is 1.44 bits per heavy atom. The van der Waals surface area contributed by atoms with Crippen molar-refractivity contribution in [3.05, 3.63) is 71.8 Å². The van der Waals surface area contributed by atoms with Crippen molar-refractivity contribution in [2.75, 3.05) is 6.54 Å². The molecule has 5 atom stereocenters. The zero-order valence-corrected chi connectivity index (χ0v) is 22.9. The van der Waals surface area contributed by atoms with Gasteiger partial charge < -0.3 is 21.3 Å². The predicted octanol–water partition coefficient (Wildman–Crippen LogP) is 3.73. The number of nitrogens with two attached hydrogens (primary N) is 1. The molecule has 208 valence electrons. The number of rotatable bonds is 8. The number of nitrogens with one attached hydrogen (secondary N) is 2. The van der Waals surface area contributed by atoms with Crippen molar-refractivity contribution in [2.45, 2.75) is 88.4 Å². The maximum Gasteiger partial charge on any atom is 0.245 e. The Labute approximate surface area is 231 Å². The van der Waals surface area contributed by atoms with Gasteiger partial charge >= 0.3 is 0 Å². The van der Waals surface area contributed by atoms with Crippen molar-refractivity contribution >= 4 is 17.7 Å². The SMILES string of the molecule is C[C@H](N)C(=O)NC(C(=O)N1CCC2CCC(NC(=O)C(c3ccccc3)c3ccccc3)C21)C1CCCCC1. The van der Waals surface area contributed by atoms with Gasteiger partial charge in [0.1, 0.15) is 6.04 Å². The second kappa shape index (κ2) is 12.3. The number of carbonyl (C=O) groups excluding carboxylic acids is 3. The molecule has 1 aliphatic heterocycles. The van der Waals surface area contributed by atoms with Gasteiger partial charge in [-0.1, -0.05) is 79.9 Å². The van der Waals surface area contributed by atoms with Crippen molar-refractivity contribution in [1.29, 1.82) is 0 Å². The van der Waals surface area contributed by atoms with E-state index in [0.29, 0.717) is 12.5 Å². The molecule has 0 bridgehead atoms. The Morgan fingerprint density at radius 3 is 2.03 bits per heavy atom. The number of hydrogen-bond donors (Lipinski definition) is 3. The lowest BCUT2D eigenvalue weighted by molar-refractivity contribution is -0.140. The highest BCUT2D eigenvalue weighted by molar-refractivity contribution is 5.90. The van der Waals surface area contributed by atoms with Crippen LogP contribution < -0.4 is 16.4 Å². The first-order valence-corrected chi connectivity index (χ1v) is 14.7. The molecule has 2 aromatic rings. The van der Waals surface area contributed by atoms with Crippen LogP contribution in [-0.2, 0) is 14.4 Å². The lowest BCUT2D eigenvalue weighted by Crippen LogP contribution is -2.59. The van der Waals surface area contributed by atoms with Gasteiger partial charge in [-0.15, -0.1) is 0 Å². The lowest BCUT2D eigenvalue weighted by Gasteiger charge is -2.37. The fourth-order valence-corrected chi connectivity index (χ4v) is 7.08. The van der Waals surface area contributed by atoms with Crippen LogP contribution in [0.5, 0.6) is 0 Å². The maximum atomic E-state index is 14.1. The molecule has 7 nitrogen and oxygen atoms in total. The van der Waals surface area contributed by atoms with E-state index in [9.17, 15) is 14.4 Å². The molecule has 2 saturated carbocycles. The van der Waals surface area contributed by atoms with Crippen LogP contribution in [0.15, 0.2) is 60.7 Å². The fraction of sp³-hybridized carbons (Fsp3) is 0.531. The van der Waals surface area contributed by atoms with Gasteiger partial charge in [-0.2, -0.15) is 0 Å². The molecule has 5 rings (SSSR count). The van der Waals surface area contributed by atoms with Crippen molar-refractivity contribution in [2.24, 2.45) is 17.6 Å². The first-order valence-electron chi connectivity index (χ1n) is 14.7. The van der Waals surface area contributed by atoms with Gasteiger partial charge in [-0.25, -0.2) is 0 Å². The fourth-order valence-electron chi connectivity index (χ4n) is 7.08. The van der Waals surface area contributed by atoms with Gasteiger partial charge in [0.05, 0.1) is 18.0 Å². The molecular formula is C32H42N4O3. The highest BCUT2D eigenvalue weighted by atomic mass is 16.2. The maximum absolute atomic E-state index is 14.1. The van der Waals surface area contributed by atoms with Crippen LogP contribution in [0.1, 0.15) is 75.3 Å². The Hall–Kier alpha value is -3.19. The summed E-state index contributed by atoms with van der Waals surface area (Å²) in [6, 6.07) is 18.4. The van der Waals surface area contributed by atoms with E-state index in [2.05, 4.69) is 10.6 Å². The molecule has 3 fully saturated rings. The summed E-state index contributed by atoms with van der Waals surface area (Å²) in [5.41, 5.74) is 7.77. The molecule has 3 aliphatic rings.